The monoisotopic (exact) mass is 427 g/mol. The highest BCUT2D eigenvalue weighted by Gasteiger charge is 2.20. The van der Waals surface area contributed by atoms with E-state index in [1.165, 1.54) is 0 Å². The van der Waals surface area contributed by atoms with Crippen LogP contribution >= 0.6 is 0 Å². The number of nitrogens with zero attached hydrogens (tertiary/aromatic N) is 5. The van der Waals surface area contributed by atoms with Crippen molar-refractivity contribution in [3.8, 4) is 11.3 Å². The lowest BCUT2D eigenvalue weighted by atomic mass is 10.1. The lowest BCUT2D eigenvalue weighted by molar-refractivity contribution is 0.122. The Morgan fingerprint density at radius 1 is 1.03 bits per heavy atom. The molecule has 0 bridgehead atoms. The number of para-hydroxylation sites is 1. The summed E-state index contributed by atoms with van der Waals surface area (Å²) in [4.78, 5) is 20.9. The van der Waals surface area contributed by atoms with Crippen LogP contribution in [0.1, 0.15) is 12.5 Å². The van der Waals surface area contributed by atoms with Crippen molar-refractivity contribution in [1.82, 2.24) is 19.9 Å². The molecule has 0 atom stereocenters. The molecule has 1 aliphatic heterocycles. The molecular weight excluding hydrogens is 402 g/mol. The lowest BCUT2D eigenvalue weighted by Gasteiger charge is -2.28. The standard InChI is InChI=1S/C24H25N7O/c1-2-19-22(17-7-8-21(25)27-14-17)29-24(31-9-11-32-12-10-31)30-23(19)28-18-13-16-5-3-4-6-20(16)26-15-18/h3-8,13-15H,2,9-12H2,1H3,(H2,25,27)(H,28,29,30). The second kappa shape index (κ2) is 8.76. The van der Waals surface area contributed by atoms with Crippen molar-refractivity contribution in [2.45, 2.75) is 13.3 Å². The third-order valence-electron chi connectivity index (χ3n) is 5.56. The fourth-order valence-corrected chi connectivity index (χ4v) is 3.88. The zero-order chi connectivity index (χ0) is 21.9. The van der Waals surface area contributed by atoms with Gasteiger partial charge < -0.3 is 20.7 Å². The van der Waals surface area contributed by atoms with Crippen LogP contribution in [0.15, 0.2) is 54.9 Å². The first kappa shape index (κ1) is 20.1. The van der Waals surface area contributed by atoms with Crippen molar-refractivity contribution in [1.29, 1.82) is 0 Å². The van der Waals surface area contributed by atoms with Gasteiger partial charge in [0.1, 0.15) is 11.6 Å². The Balaban J connectivity index is 1.61. The number of aromatic nitrogens is 4. The molecule has 8 nitrogen and oxygen atoms in total. The molecule has 0 amide bonds. The van der Waals surface area contributed by atoms with Crippen LogP contribution in [0.5, 0.6) is 0 Å². The van der Waals surface area contributed by atoms with Crippen LogP contribution in [0, 0.1) is 0 Å². The average molecular weight is 428 g/mol. The van der Waals surface area contributed by atoms with E-state index in [1.807, 2.05) is 30.5 Å². The Morgan fingerprint density at radius 3 is 2.66 bits per heavy atom. The summed E-state index contributed by atoms with van der Waals surface area (Å²) in [5.41, 5.74) is 10.4. The van der Waals surface area contributed by atoms with E-state index in [4.69, 9.17) is 20.4 Å². The zero-order valence-electron chi connectivity index (χ0n) is 18.0. The topological polar surface area (TPSA) is 102 Å². The first-order valence-electron chi connectivity index (χ1n) is 10.8. The zero-order valence-corrected chi connectivity index (χ0v) is 18.0. The van der Waals surface area contributed by atoms with Crippen LogP contribution in [-0.2, 0) is 11.2 Å². The number of hydrogen-bond acceptors (Lipinski definition) is 8. The summed E-state index contributed by atoms with van der Waals surface area (Å²) in [7, 11) is 0. The second-order valence-corrected chi connectivity index (χ2v) is 7.67. The molecule has 32 heavy (non-hydrogen) atoms. The molecule has 4 aromatic rings. The maximum atomic E-state index is 5.81. The van der Waals surface area contributed by atoms with Gasteiger partial charge in [-0.25, -0.2) is 9.97 Å². The van der Waals surface area contributed by atoms with E-state index >= 15 is 0 Å². The van der Waals surface area contributed by atoms with Crippen LogP contribution in [-0.4, -0.2) is 46.2 Å². The van der Waals surface area contributed by atoms with Crippen molar-refractivity contribution in [2.24, 2.45) is 0 Å². The molecule has 0 unspecified atom stereocenters. The Kier molecular flexibility index (Phi) is 5.51. The fourth-order valence-electron chi connectivity index (χ4n) is 3.88. The van der Waals surface area contributed by atoms with Gasteiger partial charge in [-0.3, -0.25) is 4.98 Å². The van der Waals surface area contributed by atoms with Gasteiger partial charge >= 0.3 is 0 Å². The fraction of sp³-hybridized carbons (Fsp3) is 0.250. The third-order valence-corrected chi connectivity index (χ3v) is 5.56. The molecule has 0 saturated carbocycles. The number of nitrogens with one attached hydrogen (secondary N) is 1. The van der Waals surface area contributed by atoms with Crippen molar-refractivity contribution < 1.29 is 4.74 Å². The molecular formula is C24H25N7O. The van der Waals surface area contributed by atoms with Gasteiger partial charge in [0.05, 0.1) is 36.3 Å². The number of pyridine rings is 2. The van der Waals surface area contributed by atoms with E-state index in [2.05, 4.69) is 39.2 Å². The summed E-state index contributed by atoms with van der Waals surface area (Å²) >= 11 is 0. The highest BCUT2D eigenvalue weighted by molar-refractivity contribution is 5.83. The van der Waals surface area contributed by atoms with E-state index in [-0.39, 0.29) is 0 Å². The minimum atomic E-state index is 0.481. The molecule has 0 spiro atoms. The minimum Gasteiger partial charge on any atom is -0.384 e. The Morgan fingerprint density at radius 2 is 1.88 bits per heavy atom. The first-order chi connectivity index (χ1) is 15.7. The van der Waals surface area contributed by atoms with Crippen LogP contribution in [0.4, 0.5) is 23.3 Å². The molecule has 8 heteroatoms. The smallest absolute Gasteiger partial charge is 0.228 e. The van der Waals surface area contributed by atoms with Crippen molar-refractivity contribution in [3.05, 3.63) is 60.4 Å². The van der Waals surface area contributed by atoms with Crippen LogP contribution in [0.2, 0.25) is 0 Å². The van der Waals surface area contributed by atoms with Gasteiger partial charge in [0.15, 0.2) is 0 Å². The Labute approximate surface area is 186 Å². The molecule has 1 fully saturated rings. The summed E-state index contributed by atoms with van der Waals surface area (Å²) in [5, 5.41) is 4.57. The van der Waals surface area contributed by atoms with Crippen LogP contribution in [0.3, 0.4) is 0 Å². The largest absolute Gasteiger partial charge is 0.384 e. The molecule has 0 radical (unpaired) electrons. The van der Waals surface area contributed by atoms with Crippen molar-refractivity contribution in [3.63, 3.8) is 0 Å². The molecule has 1 saturated heterocycles. The molecule has 5 rings (SSSR count). The van der Waals surface area contributed by atoms with Gasteiger partial charge in [0.25, 0.3) is 0 Å². The molecule has 3 N–H and O–H groups in total. The molecule has 1 aliphatic rings. The predicted octanol–water partition coefficient (Wildman–Crippen LogP) is 3.81. The summed E-state index contributed by atoms with van der Waals surface area (Å²) in [5.74, 6) is 1.93. The van der Waals surface area contributed by atoms with Crippen LogP contribution in [0.25, 0.3) is 22.2 Å². The number of rotatable bonds is 5. The second-order valence-electron chi connectivity index (χ2n) is 7.67. The number of hydrogen-bond donors (Lipinski definition) is 2. The predicted molar refractivity (Wildman–Crippen MR) is 127 cm³/mol. The SMILES string of the molecule is CCc1c(Nc2cnc3ccccc3c2)nc(N2CCOCC2)nc1-c1ccc(N)nc1. The number of anilines is 4. The van der Waals surface area contributed by atoms with Crippen LogP contribution < -0.4 is 16.0 Å². The highest BCUT2D eigenvalue weighted by atomic mass is 16.5. The summed E-state index contributed by atoms with van der Waals surface area (Å²) in [6.45, 7) is 4.93. The van der Waals surface area contributed by atoms with Gasteiger partial charge in [-0.05, 0) is 30.7 Å². The summed E-state index contributed by atoms with van der Waals surface area (Å²) < 4.78 is 5.52. The number of ether oxygens (including phenoxy) is 1. The maximum Gasteiger partial charge on any atom is 0.228 e. The minimum absolute atomic E-state index is 0.481. The van der Waals surface area contributed by atoms with E-state index in [1.54, 1.807) is 12.3 Å². The van der Waals surface area contributed by atoms with Crippen molar-refractivity contribution >= 4 is 34.2 Å². The quantitative estimate of drug-likeness (QED) is 0.496. The normalized spacial score (nSPS) is 14.0. The molecule has 3 aromatic heterocycles. The number of benzene rings is 1. The number of nitrogens with two attached hydrogens (primary N) is 1. The molecule has 162 valence electrons. The lowest BCUT2D eigenvalue weighted by Crippen LogP contribution is -2.37. The summed E-state index contributed by atoms with van der Waals surface area (Å²) in [6.07, 6.45) is 4.36. The molecule has 0 aliphatic carbocycles. The van der Waals surface area contributed by atoms with E-state index < -0.39 is 0 Å². The van der Waals surface area contributed by atoms with Gasteiger partial charge in [-0.1, -0.05) is 25.1 Å². The van der Waals surface area contributed by atoms with Gasteiger partial charge in [0.2, 0.25) is 5.95 Å². The van der Waals surface area contributed by atoms with Crippen molar-refractivity contribution in [2.75, 3.05) is 42.3 Å². The molecule has 1 aromatic carbocycles. The molecule has 4 heterocycles. The number of morpholine rings is 1. The maximum absolute atomic E-state index is 5.81. The summed E-state index contributed by atoms with van der Waals surface area (Å²) in [6, 6.07) is 13.9. The van der Waals surface area contributed by atoms with E-state index in [0.717, 1.165) is 58.7 Å². The van der Waals surface area contributed by atoms with E-state index in [0.29, 0.717) is 25.0 Å². The van der Waals surface area contributed by atoms with Gasteiger partial charge in [0, 0.05) is 35.8 Å². The Bertz CT molecular complexity index is 1240. The van der Waals surface area contributed by atoms with Gasteiger partial charge in [-0.2, -0.15) is 4.98 Å². The van der Waals surface area contributed by atoms with E-state index in [9.17, 15) is 0 Å². The number of fused-ring (bicyclic) bond motifs is 1. The highest BCUT2D eigenvalue weighted by Crippen LogP contribution is 2.32. The number of nitrogen functional groups attached to an aromatic ring is 1. The Hall–Kier alpha value is -3.78. The average Bonchev–Trinajstić information content (AvgIpc) is 2.84. The first-order valence-corrected chi connectivity index (χ1v) is 10.8. The third kappa shape index (κ3) is 4.04. The van der Waals surface area contributed by atoms with Gasteiger partial charge in [-0.15, -0.1) is 0 Å².